The second-order valence-corrected chi connectivity index (χ2v) is 4.90. The zero-order chi connectivity index (χ0) is 12.8. The third kappa shape index (κ3) is 1.86. The first-order chi connectivity index (χ1) is 8.57. The highest BCUT2D eigenvalue weighted by Crippen LogP contribution is 2.46. The van der Waals surface area contributed by atoms with Gasteiger partial charge in [0.15, 0.2) is 0 Å². The van der Waals surface area contributed by atoms with Gasteiger partial charge >= 0.3 is 6.18 Å². The van der Waals surface area contributed by atoms with Crippen LogP contribution in [0.15, 0.2) is 18.2 Å². The first-order valence-corrected chi connectivity index (χ1v) is 6.21. The fraction of sp³-hybridized carbons (Fsp3) is 0.538. The third-order valence-corrected chi connectivity index (χ3v) is 3.80. The SMILES string of the molecule is FC(F)(F)[C@@H]1CCN2CCNCc3cccc1c32. The Morgan fingerprint density at radius 1 is 1.22 bits per heavy atom. The molecule has 0 aromatic heterocycles. The van der Waals surface area contributed by atoms with E-state index in [9.17, 15) is 13.2 Å². The van der Waals surface area contributed by atoms with Crippen molar-refractivity contribution in [2.45, 2.75) is 25.1 Å². The summed E-state index contributed by atoms with van der Waals surface area (Å²) in [4.78, 5) is 2.09. The Balaban J connectivity index is 2.11. The van der Waals surface area contributed by atoms with E-state index in [1.165, 1.54) is 0 Å². The molecule has 0 spiro atoms. The molecule has 0 saturated carbocycles. The van der Waals surface area contributed by atoms with Crippen LogP contribution in [-0.4, -0.2) is 25.8 Å². The highest BCUT2D eigenvalue weighted by Gasteiger charge is 2.44. The fourth-order valence-corrected chi connectivity index (χ4v) is 2.97. The van der Waals surface area contributed by atoms with Crippen LogP contribution in [0, 0.1) is 0 Å². The number of benzene rings is 1. The van der Waals surface area contributed by atoms with Gasteiger partial charge in [-0.1, -0.05) is 18.2 Å². The van der Waals surface area contributed by atoms with E-state index in [-0.39, 0.29) is 6.42 Å². The smallest absolute Gasteiger partial charge is 0.370 e. The van der Waals surface area contributed by atoms with Crippen molar-refractivity contribution in [1.82, 2.24) is 5.32 Å². The zero-order valence-corrected chi connectivity index (χ0v) is 9.93. The maximum Gasteiger partial charge on any atom is 0.395 e. The molecule has 0 aliphatic carbocycles. The molecule has 98 valence electrons. The van der Waals surface area contributed by atoms with E-state index in [1.807, 2.05) is 6.07 Å². The van der Waals surface area contributed by atoms with E-state index < -0.39 is 12.1 Å². The number of hydrogen-bond donors (Lipinski definition) is 1. The molecule has 1 aromatic rings. The van der Waals surface area contributed by atoms with E-state index in [2.05, 4.69) is 10.2 Å². The van der Waals surface area contributed by atoms with Gasteiger partial charge < -0.3 is 10.2 Å². The lowest BCUT2D eigenvalue weighted by atomic mass is 9.87. The van der Waals surface area contributed by atoms with Crippen LogP contribution in [-0.2, 0) is 6.54 Å². The highest BCUT2D eigenvalue weighted by atomic mass is 19.4. The van der Waals surface area contributed by atoms with Crippen LogP contribution in [0.1, 0.15) is 23.5 Å². The van der Waals surface area contributed by atoms with Crippen LogP contribution in [0.5, 0.6) is 0 Å². The van der Waals surface area contributed by atoms with Gasteiger partial charge in [-0.3, -0.25) is 0 Å². The molecule has 0 amide bonds. The maximum absolute atomic E-state index is 13.1. The zero-order valence-electron chi connectivity index (χ0n) is 9.93. The number of nitrogens with one attached hydrogen (secondary N) is 1. The molecule has 0 saturated heterocycles. The minimum absolute atomic E-state index is 0.167. The molecule has 1 aromatic carbocycles. The Hall–Kier alpha value is -1.23. The Morgan fingerprint density at radius 3 is 2.83 bits per heavy atom. The van der Waals surface area contributed by atoms with E-state index >= 15 is 0 Å². The van der Waals surface area contributed by atoms with Gasteiger partial charge in [0.1, 0.15) is 0 Å². The normalized spacial score (nSPS) is 23.5. The van der Waals surface area contributed by atoms with Gasteiger partial charge in [-0.2, -0.15) is 13.2 Å². The van der Waals surface area contributed by atoms with Crippen molar-refractivity contribution >= 4 is 5.69 Å². The van der Waals surface area contributed by atoms with Crippen molar-refractivity contribution < 1.29 is 13.2 Å². The third-order valence-electron chi connectivity index (χ3n) is 3.80. The van der Waals surface area contributed by atoms with Gasteiger partial charge in [0, 0.05) is 31.9 Å². The van der Waals surface area contributed by atoms with Crippen LogP contribution in [0.2, 0.25) is 0 Å². The lowest BCUT2D eigenvalue weighted by molar-refractivity contribution is -0.152. The predicted octanol–water partition coefficient (Wildman–Crippen LogP) is 2.65. The first-order valence-electron chi connectivity index (χ1n) is 6.21. The molecule has 18 heavy (non-hydrogen) atoms. The summed E-state index contributed by atoms with van der Waals surface area (Å²) in [5.41, 5.74) is 2.25. The standard InChI is InChI=1S/C13H15F3N2/c14-13(15,16)11-4-6-18-7-5-17-8-9-2-1-3-10(11)12(9)18/h1-3,11,17H,4-8H2/t11-/m1/s1. The number of alkyl halides is 3. The molecule has 5 heteroatoms. The van der Waals surface area contributed by atoms with Gasteiger partial charge in [-0.05, 0) is 17.5 Å². The molecule has 0 fully saturated rings. The van der Waals surface area contributed by atoms with Gasteiger partial charge in [0.2, 0.25) is 0 Å². The molecule has 3 rings (SSSR count). The van der Waals surface area contributed by atoms with Crippen molar-refractivity contribution in [3.63, 3.8) is 0 Å². The minimum Gasteiger partial charge on any atom is -0.370 e. The summed E-state index contributed by atoms with van der Waals surface area (Å²) < 4.78 is 39.2. The fourth-order valence-electron chi connectivity index (χ4n) is 2.97. The number of hydrogen-bond acceptors (Lipinski definition) is 2. The Labute approximate surface area is 104 Å². The van der Waals surface area contributed by atoms with Crippen molar-refractivity contribution in [1.29, 1.82) is 0 Å². The molecule has 2 aliphatic rings. The van der Waals surface area contributed by atoms with E-state index in [1.54, 1.807) is 12.1 Å². The van der Waals surface area contributed by atoms with Gasteiger partial charge in [-0.25, -0.2) is 0 Å². The van der Waals surface area contributed by atoms with Crippen LogP contribution >= 0.6 is 0 Å². The average molecular weight is 256 g/mol. The molecular formula is C13H15F3N2. The summed E-state index contributed by atoms with van der Waals surface area (Å²) in [6, 6.07) is 5.29. The number of rotatable bonds is 0. The first kappa shape index (κ1) is 11.8. The Bertz CT molecular complexity index is 456. The minimum atomic E-state index is -4.14. The summed E-state index contributed by atoms with van der Waals surface area (Å²) in [5, 5.41) is 3.25. The van der Waals surface area contributed by atoms with E-state index in [4.69, 9.17) is 0 Å². The average Bonchev–Trinajstić information content (AvgIpc) is 2.52. The van der Waals surface area contributed by atoms with Crippen LogP contribution in [0.25, 0.3) is 0 Å². The quantitative estimate of drug-likeness (QED) is 0.767. The lowest BCUT2D eigenvalue weighted by Crippen LogP contribution is -2.37. The number of anilines is 1. The predicted molar refractivity (Wildman–Crippen MR) is 63.8 cm³/mol. The van der Waals surface area contributed by atoms with Gasteiger partial charge in [0.25, 0.3) is 0 Å². The van der Waals surface area contributed by atoms with Crippen molar-refractivity contribution in [3.8, 4) is 0 Å². The van der Waals surface area contributed by atoms with Crippen molar-refractivity contribution in [2.24, 2.45) is 0 Å². The molecular weight excluding hydrogens is 241 g/mol. The van der Waals surface area contributed by atoms with Gasteiger partial charge in [-0.15, -0.1) is 0 Å². The summed E-state index contributed by atoms with van der Waals surface area (Å²) >= 11 is 0. The Kier molecular flexibility index (Phi) is 2.73. The number of halogens is 3. The second-order valence-electron chi connectivity index (χ2n) is 4.90. The summed E-state index contributed by atoms with van der Waals surface area (Å²) in [5.74, 6) is -1.30. The monoisotopic (exact) mass is 256 g/mol. The van der Waals surface area contributed by atoms with E-state index in [0.717, 1.165) is 24.3 Å². The van der Waals surface area contributed by atoms with Crippen molar-refractivity contribution in [2.75, 3.05) is 24.5 Å². The largest absolute Gasteiger partial charge is 0.395 e. The molecule has 1 atom stereocenters. The van der Waals surface area contributed by atoms with Crippen LogP contribution < -0.4 is 10.2 Å². The molecule has 0 unspecified atom stereocenters. The molecule has 2 nitrogen and oxygen atoms in total. The lowest BCUT2D eigenvalue weighted by Gasteiger charge is -2.36. The maximum atomic E-state index is 13.1. The summed E-state index contributed by atoms with van der Waals surface area (Å²) in [7, 11) is 0. The highest BCUT2D eigenvalue weighted by molar-refractivity contribution is 5.63. The molecule has 2 heterocycles. The number of nitrogens with zero attached hydrogens (tertiary/aromatic N) is 1. The summed E-state index contributed by atoms with van der Waals surface area (Å²) in [6.07, 6.45) is -3.97. The van der Waals surface area contributed by atoms with E-state index in [0.29, 0.717) is 18.7 Å². The van der Waals surface area contributed by atoms with Crippen LogP contribution in [0.4, 0.5) is 18.9 Å². The summed E-state index contributed by atoms with van der Waals surface area (Å²) in [6.45, 7) is 2.76. The molecule has 2 aliphatic heterocycles. The molecule has 0 radical (unpaired) electrons. The second kappa shape index (κ2) is 4.16. The topological polar surface area (TPSA) is 15.3 Å². The Morgan fingerprint density at radius 2 is 2.06 bits per heavy atom. The number of para-hydroxylation sites is 1. The van der Waals surface area contributed by atoms with Crippen molar-refractivity contribution in [3.05, 3.63) is 29.3 Å². The van der Waals surface area contributed by atoms with Crippen LogP contribution in [0.3, 0.4) is 0 Å². The van der Waals surface area contributed by atoms with Gasteiger partial charge in [0.05, 0.1) is 5.92 Å². The molecule has 1 N–H and O–H groups in total. The molecule has 0 bridgehead atoms.